The first-order chi connectivity index (χ1) is 15.9. The molecular formula is C24H20FN3O4S. The van der Waals surface area contributed by atoms with Gasteiger partial charge in [0.25, 0.3) is 0 Å². The van der Waals surface area contributed by atoms with Crippen LogP contribution >= 0.6 is 11.3 Å². The number of carbonyl (C=O) groups is 2. The molecule has 0 spiro atoms. The number of amidine groups is 1. The summed E-state index contributed by atoms with van der Waals surface area (Å²) >= 11 is 1.32. The highest BCUT2D eigenvalue weighted by atomic mass is 32.1. The van der Waals surface area contributed by atoms with Crippen LogP contribution in [0.4, 0.5) is 9.39 Å². The van der Waals surface area contributed by atoms with Crippen LogP contribution in [0.5, 0.6) is 0 Å². The Kier molecular flexibility index (Phi) is 6.11. The largest absolute Gasteiger partial charge is 0.505 e. The predicted octanol–water partition coefficient (Wildman–Crippen LogP) is 4.58. The van der Waals surface area contributed by atoms with Crippen LogP contribution in [0.25, 0.3) is 0 Å². The number of hydrogen-bond acceptors (Lipinski definition) is 7. The number of fused-ring (bicyclic) bond motifs is 1. The van der Waals surface area contributed by atoms with Crippen LogP contribution < -0.4 is 4.90 Å². The van der Waals surface area contributed by atoms with E-state index in [2.05, 4.69) is 6.07 Å². The van der Waals surface area contributed by atoms with Gasteiger partial charge < -0.3 is 9.84 Å². The second kappa shape index (κ2) is 9.00. The lowest BCUT2D eigenvalue weighted by Crippen LogP contribution is -2.28. The van der Waals surface area contributed by atoms with Gasteiger partial charge in [-0.15, -0.1) is 11.3 Å². The maximum absolute atomic E-state index is 13.3. The number of allylic oxidation sites excluding steroid dienone is 1. The maximum Gasteiger partial charge on any atom is 0.345 e. The minimum atomic E-state index is -0.901. The van der Waals surface area contributed by atoms with Crippen LogP contribution in [0, 0.1) is 22.6 Å². The van der Waals surface area contributed by atoms with E-state index < -0.39 is 23.3 Å². The van der Waals surface area contributed by atoms with Gasteiger partial charge in [-0.25, -0.2) is 9.18 Å². The van der Waals surface area contributed by atoms with Crippen molar-refractivity contribution in [2.45, 2.75) is 32.6 Å². The molecule has 0 amide bonds. The first-order valence-electron chi connectivity index (χ1n) is 10.4. The molecule has 7 nitrogen and oxygen atoms in total. The number of benzene rings is 1. The van der Waals surface area contributed by atoms with Crippen molar-refractivity contribution in [3.63, 3.8) is 0 Å². The van der Waals surface area contributed by atoms with Crippen molar-refractivity contribution < 1.29 is 23.8 Å². The number of anilines is 1. The fraction of sp³-hybridized carbons (Fsp3) is 0.250. The summed E-state index contributed by atoms with van der Waals surface area (Å²) < 4.78 is 18.3. The van der Waals surface area contributed by atoms with Crippen molar-refractivity contribution in [1.29, 1.82) is 10.7 Å². The summed E-state index contributed by atoms with van der Waals surface area (Å²) in [6, 6.07) is 7.08. The Morgan fingerprint density at radius 2 is 2.00 bits per heavy atom. The van der Waals surface area contributed by atoms with Gasteiger partial charge in [0.15, 0.2) is 11.5 Å². The quantitative estimate of drug-likeness (QED) is 0.380. The average Bonchev–Trinajstić information content (AvgIpc) is 3.28. The number of nitrogens with one attached hydrogen (secondary N) is 1. The number of halogens is 1. The molecule has 2 N–H and O–H groups in total. The van der Waals surface area contributed by atoms with Gasteiger partial charge in [0, 0.05) is 16.5 Å². The van der Waals surface area contributed by atoms with Gasteiger partial charge in [-0.05, 0) is 62.4 Å². The summed E-state index contributed by atoms with van der Waals surface area (Å²) in [6.07, 6.45) is 4.54. The van der Waals surface area contributed by atoms with E-state index in [1.54, 1.807) is 6.92 Å². The van der Waals surface area contributed by atoms with E-state index in [4.69, 9.17) is 10.1 Å². The van der Waals surface area contributed by atoms with Crippen molar-refractivity contribution in [3.05, 3.63) is 74.8 Å². The third-order valence-corrected chi connectivity index (χ3v) is 6.80. The summed E-state index contributed by atoms with van der Waals surface area (Å²) in [7, 11) is 0. The van der Waals surface area contributed by atoms with E-state index in [1.807, 2.05) is 0 Å². The third kappa shape index (κ3) is 3.94. The van der Waals surface area contributed by atoms with Gasteiger partial charge >= 0.3 is 5.97 Å². The molecule has 1 aromatic carbocycles. The topological polar surface area (TPSA) is 114 Å². The van der Waals surface area contributed by atoms with E-state index >= 15 is 0 Å². The molecule has 2 heterocycles. The van der Waals surface area contributed by atoms with Gasteiger partial charge in [0.2, 0.25) is 0 Å². The van der Waals surface area contributed by atoms with E-state index in [9.17, 15) is 24.3 Å². The lowest BCUT2D eigenvalue weighted by atomic mass is 9.96. The second-order valence-corrected chi connectivity index (χ2v) is 8.62. The number of ether oxygens (including phenoxy) is 1. The van der Waals surface area contributed by atoms with E-state index in [0.717, 1.165) is 54.3 Å². The van der Waals surface area contributed by atoms with E-state index in [-0.39, 0.29) is 29.3 Å². The van der Waals surface area contributed by atoms with Gasteiger partial charge in [0.1, 0.15) is 28.3 Å². The van der Waals surface area contributed by atoms with Gasteiger partial charge in [0.05, 0.1) is 17.9 Å². The summed E-state index contributed by atoms with van der Waals surface area (Å²) in [6.45, 7) is 1.63. The molecule has 33 heavy (non-hydrogen) atoms. The molecule has 0 unspecified atom stereocenters. The van der Waals surface area contributed by atoms with Crippen LogP contribution in [0.15, 0.2) is 47.4 Å². The molecule has 1 aliphatic carbocycles. The molecule has 1 aliphatic heterocycles. The van der Waals surface area contributed by atoms with Crippen LogP contribution in [0.3, 0.4) is 0 Å². The summed E-state index contributed by atoms with van der Waals surface area (Å²) in [4.78, 5) is 27.7. The molecule has 0 fully saturated rings. The van der Waals surface area contributed by atoms with E-state index in [1.165, 1.54) is 28.4 Å². The zero-order chi connectivity index (χ0) is 23.7. The Morgan fingerprint density at radius 1 is 1.30 bits per heavy atom. The van der Waals surface area contributed by atoms with Crippen LogP contribution in [0.1, 0.15) is 46.1 Å². The fourth-order valence-corrected chi connectivity index (χ4v) is 5.32. The smallest absolute Gasteiger partial charge is 0.345 e. The Morgan fingerprint density at radius 3 is 2.67 bits per heavy atom. The molecule has 2 aliphatic rings. The second-order valence-electron chi connectivity index (χ2n) is 7.53. The van der Waals surface area contributed by atoms with Gasteiger partial charge in [-0.2, -0.15) is 5.26 Å². The van der Waals surface area contributed by atoms with Crippen molar-refractivity contribution in [3.8, 4) is 6.07 Å². The zero-order valence-electron chi connectivity index (χ0n) is 17.8. The summed E-state index contributed by atoms with van der Waals surface area (Å²) in [5, 5.41) is 29.8. The fourth-order valence-electron chi connectivity index (χ4n) is 3.96. The number of hydrogen-bond donors (Lipinski definition) is 2. The van der Waals surface area contributed by atoms with Crippen molar-refractivity contribution in [2.75, 3.05) is 11.5 Å². The number of esters is 1. The van der Waals surface area contributed by atoms with Gasteiger partial charge in [-0.3, -0.25) is 15.1 Å². The summed E-state index contributed by atoms with van der Waals surface area (Å²) in [5.74, 6) is -2.91. The number of rotatable bonds is 5. The third-order valence-electron chi connectivity index (χ3n) is 5.52. The number of aliphatic hydroxyl groups excluding tert-OH is 1. The molecule has 9 heteroatoms. The number of nitrogens with zero attached hydrogens (tertiary/aromatic N) is 2. The minimum absolute atomic E-state index is 0.0349. The molecule has 1 aromatic heterocycles. The van der Waals surface area contributed by atoms with Gasteiger partial charge in [-0.1, -0.05) is 0 Å². The Bertz CT molecular complexity index is 1270. The van der Waals surface area contributed by atoms with Crippen LogP contribution in [0.2, 0.25) is 0 Å². The molecule has 4 rings (SSSR count). The van der Waals surface area contributed by atoms with Crippen molar-refractivity contribution in [1.82, 2.24) is 0 Å². The number of carbonyl (C=O) groups excluding carboxylic acids is 2. The normalized spacial score (nSPS) is 16.7. The highest BCUT2D eigenvalue weighted by Gasteiger charge is 2.41. The average molecular weight is 466 g/mol. The van der Waals surface area contributed by atoms with E-state index in [0.29, 0.717) is 10.6 Å². The maximum atomic E-state index is 13.3. The number of aliphatic hydroxyl groups is 1. The number of nitriles is 1. The zero-order valence-corrected chi connectivity index (χ0v) is 18.6. The van der Waals surface area contributed by atoms with Crippen molar-refractivity contribution >= 4 is 33.9 Å². The molecule has 0 saturated heterocycles. The minimum Gasteiger partial charge on any atom is -0.505 e. The molecule has 0 saturated carbocycles. The number of thiophene rings is 1. The molecular weight excluding hydrogens is 445 g/mol. The molecule has 2 aromatic rings. The molecule has 0 radical (unpaired) electrons. The van der Waals surface area contributed by atoms with Crippen molar-refractivity contribution in [2.24, 2.45) is 0 Å². The van der Waals surface area contributed by atoms with Crippen LogP contribution in [-0.2, 0) is 22.4 Å². The van der Waals surface area contributed by atoms with Crippen LogP contribution in [-0.4, -0.2) is 29.3 Å². The summed E-state index contributed by atoms with van der Waals surface area (Å²) in [5.41, 5.74) is 0.957. The molecule has 0 atom stereocenters. The Balaban J connectivity index is 1.86. The highest BCUT2D eigenvalue weighted by Crippen LogP contribution is 2.44. The number of ketones is 1. The molecule has 168 valence electrons. The Hall–Kier alpha value is -3.77. The first-order valence-corrected chi connectivity index (χ1v) is 11.2. The Labute approximate surface area is 193 Å². The monoisotopic (exact) mass is 465 g/mol. The lowest BCUT2D eigenvalue weighted by molar-refractivity contribution is -0.138. The first kappa shape index (κ1) is 22.4. The molecule has 0 bridgehead atoms. The number of aryl methyl sites for hydroxylation is 1. The lowest BCUT2D eigenvalue weighted by Gasteiger charge is -2.19. The predicted molar refractivity (Wildman–Crippen MR) is 121 cm³/mol. The highest BCUT2D eigenvalue weighted by molar-refractivity contribution is 7.16. The SMILES string of the molecule is CCOC(=O)C1=C(O)/C(=C\C(=O)c2ccc(F)cc2)N(c2sc3c(c2C#N)CCCC3)C1=N. The standard InChI is InChI=1S/C24H20FN3O4S/c1-2-32-24(31)20-21(30)17(11-18(29)13-7-9-14(25)10-8-13)28(22(20)27)23-16(12-26)15-5-3-4-6-19(15)33-23/h7-11,27,30H,2-6H2,1H3/b17-11+,27-22?.